The Labute approximate surface area is 186 Å². The van der Waals surface area contributed by atoms with E-state index in [0.717, 1.165) is 37.0 Å². The maximum atomic E-state index is 12.8. The molecule has 1 fully saturated rings. The maximum absolute atomic E-state index is 12.8. The summed E-state index contributed by atoms with van der Waals surface area (Å²) in [5.74, 6) is 1.00. The van der Waals surface area contributed by atoms with Crippen molar-refractivity contribution in [2.24, 2.45) is 0 Å². The lowest BCUT2D eigenvalue weighted by molar-refractivity contribution is -0.135. The van der Waals surface area contributed by atoms with Gasteiger partial charge >= 0.3 is 0 Å². The van der Waals surface area contributed by atoms with Crippen LogP contribution in [0.3, 0.4) is 0 Å². The van der Waals surface area contributed by atoms with Crippen LogP contribution in [0.2, 0.25) is 0 Å². The number of hydrogen-bond acceptors (Lipinski definition) is 4. The molecule has 3 aromatic rings. The van der Waals surface area contributed by atoms with Crippen molar-refractivity contribution in [1.29, 1.82) is 0 Å². The molecule has 1 amide bonds. The van der Waals surface area contributed by atoms with Gasteiger partial charge in [-0.3, -0.25) is 4.79 Å². The molecule has 1 aromatic carbocycles. The van der Waals surface area contributed by atoms with E-state index >= 15 is 0 Å². The van der Waals surface area contributed by atoms with Gasteiger partial charge in [0.25, 0.3) is 0 Å². The third-order valence-corrected chi connectivity index (χ3v) is 6.61. The van der Waals surface area contributed by atoms with Crippen LogP contribution in [0.5, 0.6) is 5.75 Å². The molecule has 0 aliphatic carbocycles. The van der Waals surface area contributed by atoms with Gasteiger partial charge in [0.2, 0.25) is 5.91 Å². The first-order valence-corrected chi connectivity index (χ1v) is 11.4. The maximum Gasteiger partial charge on any atom is 0.224 e. The zero-order chi connectivity index (χ0) is 21.8. The third-order valence-electron chi connectivity index (χ3n) is 5.58. The van der Waals surface area contributed by atoms with Crippen molar-refractivity contribution in [3.05, 3.63) is 52.2 Å². The fourth-order valence-electron chi connectivity index (χ4n) is 3.91. The van der Waals surface area contributed by atoms with E-state index in [1.54, 1.807) is 18.4 Å². The van der Waals surface area contributed by atoms with E-state index in [4.69, 9.17) is 9.47 Å². The minimum absolute atomic E-state index is 0.177. The zero-order valence-corrected chi connectivity index (χ0v) is 18.9. The monoisotopic (exact) mass is 436 g/mol. The number of ether oxygens (including phenoxy) is 2. The van der Waals surface area contributed by atoms with Gasteiger partial charge in [-0.1, -0.05) is 24.8 Å². The van der Waals surface area contributed by atoms with E-state index in [-0.39, 0.29) is 5.91 Å². The van der Waals surface area contributed by atoms with Crippen molar-refractivity contribution < 1.29 is 14.3 Å². The van der Waals surface area contributed by atoms with Crippen LogP contribution in [-0.4, -0.2) is 48.8 Å². The Morgan fingerprint density at radius 3 is 2.81 bits per heavy atom. The van der Waals surface area contributed by atoms with Crippen molar-refractivity contribution >= 4 is 40.8 Å². The van der Waals surface area contributed by atoms with Crippen molar-refractivity contribution in [2.45, 2.75) is 19.9 Å². The standard InChI is InChI=1S/C25H28N2O3S/c1-4-5-6-19-17-24(31-18(19)2)23-16-20-15-21(29-3)7-8-22(20)27(23)10-9-25(28)26-11-13-30-14-12-26/h4-8,15-17H,2,9-14H2,1,3H3/b5-4-,19-6-. The normalized spacial score (nSPS) is 15.3. The molecular formula is C25H28N2O3S. The summed E-state index contributed by atoms with van der Waals surface area (Å²) in [5.41, 5.74) is 2.21. The molecule has 4 rings (SSSR count). The number of benzene rings is 1. The summed E-state index contributed by atoms with van der Waals surface area (Å²) >= 11 is 1.68. The molecule has 6 heteroatoms. The molecule has 0 atom stereocenters. The number of morpholine rings is 1. The minimum atomic E-state index is 0.177. The Hall–Kier alpha value is -2.83. The fourth-order valence-corrected chi connectivity index (χ4v) is 4.88. The molecule has 1 aliphatic rings. The van der Waals surface area contributed by atoms with E-state index in [9.17, 15) is 4.79 Å². The lowest BCUT2D eigenvalue weighted by Crippen LogP contribution is -2.40. The van der Waals surface area contributed by atoms with E-state index in [0.29, 0.717) is 39.3 Å². The van der Waals surface area contributed by atoms with Gasteiger partial charge in [-0.2, -0.15) is 0 Å². The molecule has 5 nitrogen and oxygen atoms in total. The number of nitrogens with zero attached hydrogens (tertiary/aromatic N) is 2. The number of hydrogen-bond donors (Lipinski definition) is 0. The molecule has 162 valence electrons. The van der Waals surface area contributed by atoms with Crippen molar-refractivity contribution in [1.82, 2.24) is 9.47 Å². The molecule has 0 spiro atoms. The van der Waals surface area contributed by atoms with E-state index in [2.05, 4.69) is 35.4 Å². The van der Waals surface area contributed by atoms with Gasteiger partial charge < -0.3 is 18.9 Å². The van der Waals surface area contributed by atoms with Crippen LogP contribution in [0.25, 0.3) is 34.1 Å². The van der Waals surface area contributed by atoms with Crippen LogP contribution in [0.1, 0.15) is 13.3 Å². The molecule has 1 saturated heterocycles. The highest BCUT2D eigenvalue weighted by Crippen LogP contribution is 2.31. The average Bonchev–Trinajstić information content (AvgIpc) is 3.35. The third kappa shape index (κ3) is 4.60. The van der Waals surface area contributed by atoms with Gasteiger partial charge in [-0.25, -0.2) is 0 Å². The van der Waals surface area contributed by atoms with E-state index in [1.807, 2.05) is 36.1 Å². The Bertz CT molecular complexity index is 1220. The number of allylic oxidation sites excluding steroid dienone is 2. The van der Waals surface area contributed by atoms with Crippen molar-refractivity contribution in [3.63, 3.8) is 0 Å². The predicted molar refractivity (Wildman–Crippen MR) is 128 cm³/mol. The SMILES string of the molecule is C=c1sc(-c2cc3cc(OC)ccc3n2CCC(=O)N2CCOCC2)c/c1=C/C=C\C. The number of carbonyl (C=O) groups is 1. The van der Waals surface area contributed by atoms with Crippen molar-refractivity contribution in [2.75, 3.05) is 33.4 Å². The first kappa shape index (κ1) is 21.4. The van der Waals surface area contributed by atoms with Crippen LogP contribution in [0.15, 0.2) is 42.5 Å². The minimum Gasteiger partial charge on any atom is -0.497 e. The van der Waals surface area contributed by atoms with Gasteiger partial charge in [-0.15, -0.1) is 11.3 Å². The molecular weight excluding hydrogens is 408 g/mol. The Kier molecular flexibility index (Phi) is 6.59. The Morgan fingerprint density at radius 2 is 2.06 bits per heavy atom. The smallest absolute Gasteiger partial charge is 0.224 e. The highest BCUT2D eigenvalue weighted by Gasteiger charge is 2.19. The summed E-state index contributed by atoms with van der Waals surface area (Å²) in [6, 6.07) is 10.5. The number of fused-ring (bicyclic) bond motifs is 1. The number of carbonyl (C=O) groups excluding carboxylic acids is 1. The topological polar surface area (TPSA) is 43.7 Å². The Balaban J connectivity index is 1.72. The second-order valence-electron chi connectivity index (χ2n) is 7.53. The first-order chi connectivity index (χ1) is 15.1. The lowest BCUT2D eigenvalue weighted by Gasteiger charge is -2.27. The zero-order valence-electron chi connectivity index (χ0n) is 18.1. The van der Waals surface area contributed by atoms with Gasteiger partial charge in [0.15, 0.2) is 0 Å². The van der Waals surface area contributed by atoms with E-state index < -0.39 is 0 Å². The lowest BCUT2D eigenvalue weighted by atomic mass is 10.2. The molecule has 3 heterocycles. The molecule has 2 aromatic heterocycles. The molecule has 0 N–H and O–H groups in total. The van der Waals surface area contributed by atoms with Gasteiger partial charge in [0, 0.05) is 41.5 Å². The first-order valence-electron chi connectivity index (χ1n) is 10.6. The molecule has 0 unspecified atom stereocenters. The summed E-state index contributed by atoms with van der Waals surface area (Å²) in [7, 11) is 1.68. The molecule has 0 saturated carbocycles. The highest BCUT2D eigenvalue weighted by atomic mass is 32.1. The summed E-state index contributed by atoms with van der Waals surface area (Å²) in [4.78, 5) is 15.8. The van der Waals surface area contributed by atoms with Crippen LogP contribution in [-0.2, 0) is 16.1 Å². The summed E-state index contributed by atoms with van der Waals surface area (Å²) in [6.45, 7) is 9.44. The Morgan fingerprint density at radius 1 is 1.26 bits per heavy atom. The molecule has 1 aliphatic heterocycles. The summed E-state index contributed by atoms with van der Waals surface area (Å²) in [5, 5.41) is 2.23. The molecule has 0 bridgehead atoms. The van der Waals surface area contributed by atoms with E-state index in [1.165, 1.54) is 0 Å². The highest BCUT2D eigenvalue weighted by molar-refractivity contribution is 7.13. The van der Waals surface area contributed by atoms with Crippen molar-refractivity contribution in [3.8, 4) is 16.3 Å². The number of rotatable bonds is 6. The second-order valence-corrected chi connectivity index (χ2v) is 8.67. The van der Waals surface area contributed by atoms with Crippen LogP contribution in [0, 0.1) is 0 Å². The average molecular weight is 437 g/mol. The van der Waals surface area contributed by atoms with Crippen LogP contribution < -0.4 is 14.5 Å². The number of amides is 1. The number of methoxy groups -OCH3 is 1. The molecule has 0 radical (unpaired) electrons. The fraction of sp³-hybridized carbons (Fsp3) is 0.320. The largest absolute Gasteiger partial charge is 0.497 e. The predicted octanol–water partition coefficient (Wildman–Crippen LogP) is 3.39. The van der Waals surface area contributed by atoms with Crippen LogP contribution in [0.4, 0.5) is 0 Å². The number of aryl methyl sites for hydroxylation is 1. The molecule has 31 heavy (non-hydrogen) atoms. The van der Waals surface area contributed by atoms with Crippen LogP contribution >= 0.6 is 11.3 Å². The van der Waals surface area contributed by atoms with Gasteiger partial charge in [-0.05, 0) is 42.5 Å². The van der Waals surface area contributed by atoms with Gasteiger partial charge in [0.1, 0.15) is 5.75 Å². The number of thiophene rings is 1. The quantitative estimate of drug-likeness (QED) is 0.595. The second kappa shape index (κ2) is 9.54. The van der Waals surface area contributed by atoms with Gasteiger partial charge in [0.05, 0.1) is 30.9 Å². The summed E-state index contributed by atoms with van der Waals surface area (Å²) < 4.78 is 14.1. The number of aromatic nitrogens is 1. The summed E-state index contributed by atoms with van der Waals surface area (Å²) in [6.07, 6.45) is 6.59.